The first-order valence-corrected chi connectivity index (χ1v) is 9.57. The Bertz CT molecular complexity index is 1050. The third-order valence-corrected chi connectivity index (χ3v) is 5.23. The fraction of sp³-hybridized carbons (Fsp3) is 0.208. The molecule has 3 aromatic rings. The fourth-order valence-corrected chi connectivity index (χ4v) is 3.64. The van der Waals surface area contributed by atoms with Gasteiger partial charge in [0.25, 0.3) is 5.91 Å². The van der Waals surface area contributed by atoms with E-state index in [4.69, 9.17) is 4.74 Å². The predicted molar refractivity (Wildman–Crippen MR) is 107 cm³/mol. The Morgan fingerprint density at radius 1 is 0.967 bits per heavy atom. The molecule has 0 saturated heterocycles. The van der Waals surface area contributed by atoms with Crippen LogP contribution in [-0.2, 0) is 25.9 Å². The first-order chi connectivity index (χ1) is 14.3. The summed E-state index contributed by atoms with van der Waals surface area (Å²) in [6.07, 6.45) is -4.64. The smallest absolute Gasteiger partial charge is 0.419 e. The van der Waals surface area contributed by atoms with Gasteiger partial charge in [0.2, 0.25) is 0 Å². The first-order valence-electron chi connectivity index (χ1n) is 9.57. The van der Waals surface area contributed by atoms with Crippen LogP contribution < -0.4 is 4.74 Å². The van der Waals surface area contributed by atoms with E-state index in [0.29, 0.717) is 18.7 Å². The summed E-state index contributed by atoms with van der Waals surface area (Å²) in [4.78, 5) is 14.6. The van der Waals surface area contributed by atoms with Crippen LogP contribution in [0.15, 0.2) is 66.7 Å². The number of rotatable bonds is 4. The molecule has 0 aliphatic carbocycles. The van der Waals surface area contributed by atoms with E-state index in [2.05, 4.69) is 0 Å². The molecule has 3 nitrogen and oxygen atoms in total. The topological polar surface area (TPSA) is 29.5 Å². The summed E-state index contributed by atoms with van der Waals surface area (Å²) in [5.74, 6) is -0.686. The highest BCUT2D eigenvalue weighted by molar-refractivity contribution is 5.96. The number of amides is 1. The highest BCUT2D eigenvalue weighted by Crippen LogP contribution is 2.39. The zero-order valence-electron chi connectivity index (χ0n) is 16.4. The van der Waals surface area contributed by atoms with Crippen LogP contribution in [0.3, 0.4) is 0 Å². The third kappa shape index (κ3) is 4.03. The minimum atomic E-state index is -4.64. The number of carbonyl (C=O) groups excluding carboxylic acids is 1. The summed E-state index contributed by atoms with van der Waals surface area (Å²) in [5, 5.41) is 0. The van der Waals surface area contributed by atoms with E-state index in [0.717, 1.165) is 22.8 Å². The molecule has 4 rings (SSSR count). The van der Waals surface area contributed by atoms with Crippen molar-refractivity contribution < 1.29 is 22.7 Å². The molecule has 0 aromatic heterocycles. The van der Waals surface area contributed by atoms with Crippen LogP contribution in [0.25, 0.3) is 0 Å². The van der Waals surface area contributed by atoms with Gasteiger partial charge < -0.3 is 9.64 Å². The molecule has 154 valence electrons. The molecular weight excluding hydrogens is 391 g/mol. The lowest BCUT2D eigenvalue weighted by Crippen LogP contribution is -2.26. The van der Waals surface area contributed by atoms with E-state index in [-0.39, 0.29) is 17.9 Å². The first kappa shape index (κ1) is 20.0. The van der Waals surface area contributed by atoms with E-state index in [1.807, 2.05) is 30.3 Å². The van der Waals surface area contributed by atoms with Crippen molar-refractivity contribution in [1.82, 2.24) is 4.90 Å². The number of aryl methyl sites for hydroxylation is 1. The normalized spacial score (nSPS) is 13.3. The van der Waals surface area contributed by atoms with E-state index < -0.39 is 17.6 Å². The number of alkyl halides is 3. The molecule has 0 bridgehead atoms. The van der Waals surface area contributed by atoms with Gasteiger partial charge in [-0.15, -0.1) is 0 Å². The van der Waals surface area contributed by atoms with Gasteiger partial charge in [0.05, 0.1) is 5.56 Å². The number of fused-ring (bicyclic) bond motifs is 1. The van der Waals surface area contributed by atoms with Gasteiger partial charge in [0, 0.05) is 18.7 Å². The Morgan fingerprint density at radius 2 is 1.57 bits per heavy atom. The molecule has 0 spiro atoms. The van der Waals surface area contributed by atoms with Gasteiger partial charge in [-0.2, -0.15) is 13.2 Å². The molecule has 1 aliphatic heterocycles. The quantitative estimate of drug-likeness (QED) is 0.547. The molecule has 0 N–H and O–H groups in total. The van der Waals surface area contributed by atoms with Crippen LogP contribution in [-0.4, -0.2) is 10.8 Å². The van der Waals surface area contributed by atoms with E-state index in [1.54, 1.807) is 36.1 Å². The molecule has 1 aliphatic rings. The van der Waals surface area contributed by atoms with Crippen LogP contribution in [0, 0.1) is 6.92 Å². The Labute approximate surface area is 172 Å². The second kappa shape index (κ2) is 7.86. The highest BCUT2D eigenvalue weighted by Gasteiger charge is 2.36. The summed E-state index contributed by atoms with van der Waals surface area (Å²) in [6.45, 7) is 2.42. The van der Waals surface area contributed by atoms with Gasteiger partial charge in [0.1, 0.15) is 12.4 Å². The molecular formula is C24H20F3NO2. The molecule has 0 fully saturated rings. The molecule has 6 heteroatoms. The summed E-state index contributed by atoms with van der Waals surface area (Å²) in [5.41, 5.74) is 2.35. The van der Waals surface area contributed by atoms with Gasteiger partial charge in [-0.25, -0.2) is 0 Å². The molecule has 0 saturated carbocycles. The van der Waals surface area contributed by atoms with Crippen molar-refractivity contribution in [2.24, 2.45) is 0 Å². The monoisotopic (exact) mass is 411 g/mol. The Hall–Kier alpha value is -3.28. The van der Waals surface area contributed by atoms with Crippen molar-refractivity contribution in [2.45, 2.75) is 32.8 Å². The second-order valence-corrected chi connectivity index (χ2v) is 7.37. The highest BCUT2D eigenvalue weighted by atomic mass is 19.4. The van der Waals surface area contributed by atoms with Crippen molar-refractivity contribution >= 4 is 5.91 Å². The van der Waals surface area contributed by atoms with E-state index in [1.165, 1.54) is 6.07 Å². The van der Waals surface area contributed by atoms with Gasteiger partial charge in [-0.1, -0.05) is 54.6 Å². The average molecular weight is 411 g/mol. The molecule has 0 atom stereocenters. The average Bonchev–Trinajstić information content (AvgIpc) is 3.16. The number of benzene rings is 3. The van der Waals surface area contributed by atoms with Gasteiger partial charge in [-0.05, 0) is 41.3 Å². The van der Waals surface area contributed by atoms with Gasteiger partial charge >= 0.3 is 6.18 Å². The molecule has 0 unspecified atom stereocenters. The van der Waals surface area contributed by atoms with Gasteiger partial charge in [0.15, 0.2) is 0 Å². The molecule has 0 radical (unpaired) electrons. The van der Waals surface area contributed by atoms with Crippen molar-refractivity contribution in [1.29, 1.82) is 0 Å². The molecule has 1 amide bonds. The Balaban J connectivity index is 1.62. The lowest BCUT2D eigenvalue weighted by atomic mass is 10.0. The standard InChI is InChI=1S/C24H20F3NO2/c1-16-11-22(30-15-17-7-3-2-4-8-17)21(24(25,26)27)12-20(16)23(29)28-13-18-9-5-6-10-19(18)14-28/h2-12H,13-15H2,1H3. The summed E-state index contributed by atoms with van der Waals surface area (Å²) in [6, 6.07) is 18.8. The maximum atomic E-state index is 13.7. The van der Waals surface area contributed by atoms with Gasteiger partial charge in [-0.3, -0.25) is 4.79 Å². The maximum absolute atomic E-state index is 13.7. The number of ether oxygens (including phenoxy) is 1. The second-order valence-electron chi connectivity index (χ2n) is 7.37. The zero-order valence-corrected chi connectivity index (χ0v) is 16.4. The maximum Gasteiger partial charge on any atom is 0.419 e. The summed E-state index contributed by atoms with van der Waals surface area (Å²) < 4.78 is 46.7. The largest absolute Gasteiger partial charge is 0.488 e. The number of carbonyl (C=O) groups is 1. The lowest BCUT2D eigenvalue weighted by Gasteiger charge is -2.20. The Kier molecular flexibility index (Phi) is 5.24. The molecule has 1 heterocycles. The summed E-state index contributed by atoms with van der Waals surface area (Å²) in [7, 11) is 0. The molecule has 30 heavy (non-hydrogen) atoms. The van der Waals surface area contributed by atoms with Crippen LogP contribution in [0.5, 0.6) is 5.75 Å². The molecule has 3 aromatic carbocycles. The van der Waals surface area contributed by atoms with Crippen LogP contribution >= 0.6 is 0 Å². The van der Waals surface area contributed by atoms with E-state index in [9.17, 15) is 18.0 Å². The SMILES string of the molecule is Cc1cc(OCc2ccccc2)c(C(F)(F)F)cc1C(=O)N1Cc2ccccc2C1. The van der Waals surface area contributed by atoms with E-state index >= 15 is 0 Å². The van der Waals surface area contributed by atoms with Crippen LogP contribution in [0.2, 0.25) is 0 Å². The van der Waals surface area contributed by atoms with Crippen molar-refractivity contribution in [3.05, 3.63) is 100 Å². The third-order valence-electron chi connectivity index (χ3n) is 5.23. The lowest BCUT2D eigenvalue weighted by molar-refractivity contribution is -0.139. The Morgan fingerprint density at radius 3 is 2.17 bits per heavy atom. The van der Waals surface area contributed by atoms with Crippen molar-refractivity contribution in [3.8, 4) is 5.75 Å². The van der Waals surface area contributed by atoms with Crippen LogP contribution in [0.4, 0.5) is 13.2 Å². The van der Waals surface area contributed by atoms with Crippen molar-refractivity contribution in [2.75, 3.05) is 0 Å². The fourth-order valence-electron chi connectivity index (χ4n) is 3.64. The number of nitrogens with zero attached hydrogens (tertiary/aromatic N) is 1. The minimum absolute atomic E-state index is 0.0120. The zero-order chi connectivity index (χ0) is 21.3. The van der Waals surface area contributed by atoms with Crippen LogP contribution in [0.1, 0.15) is 38.2 Å². The van der Waals surface area contributed by atoms with Crippen molar-refractivity contribution in [3.63, 3.8) is 0 Å². The minimum Gasteiger partial charge on any atom is -0.488 e. The predicted octanol–water partition coefficient (Wildman–Crippen LogP) is 5.75. The summed E-state index contributed by atoms with van der Waals surface area (Å²) >= 11 is 0. The number of hydrogen-bond acceptors (Lipinski definition) is 2. The number of hydrogen-bond donors (Lipinski definition) is 0. The number of halogens is 3.